The molecule has 1 saturated carbocycles. The van der Waals surface area contributed by atoms with E-state index in [1.165, 1.54) is 0 Å². The zero-order valence-electron chi connectivity index (χ0n) is 9.89. The molecule has 17 heavy (non-hydrogen) atoms. The van der Waals surface area contributed by atoms with Gasteiger partial charge in [0.2, 0.25) is 0 Å². The summed E-state index contributed by atoms with van der Waals surface area (Å²) in [6.07, 6.45) is 3.15. The van der Waals surface area contributed by atoms with Gasteiger partial charge < -0.3 is 10.3 Å². The molecule has 6 nitrogen and oxygen atoms in total. The highest BCUT2D eigenvalue weighted by Gasteiger charge is 2.32. The lowest BCUT2D eigenvalue weighted by Gasteiger charge is -2.20. The first-order valence-corrected chi connectivity index (χ1v) is 5.87. The number of amides is 1. The molecule has 0 unspecified atom stereocenters. The second-order valence-electron chi connectivity index (χ2n) is 4.18. The second-order valence-corrected chi connectivity index (χ2v) is 4.18. The largest absolute Gasteiger partial charge is 0.334 e. The van der Waals surface area contributed by atoms with Crippen LogP contribution in [0.4, 0.5) is 5.82 Å². The van der Waals surface area contributed by atoms with Crippen LogP contribution in [0.25, 0.3) is 0 Å². The van der Waals surface area contributed by atoms with Crippen molar-refractivity contribution in [3.63, 3.8) is 0 Å². The number of nitrogens with zero attached hydrogens (tertiary/aromatic N) is 3. The van der Waals surface area contributed by atoms with E-state index in [9.17, 15) is 4.79 Å². The van der Waals surface area contributed by atoms with Crippen LogP contribution < -0.4 is 11.3 Å². The molecule has 1 fully saturated rings. The lowest BCUT2D eigenvalue weighted by molar-refractivity contribution is 0.0736. The first-order valence-electron chi connectivity index (χ1n) is 5.87. The minimum atomic E-state index is -0.0366. The Kier molecular flexibility index (Phi) is 3.53. The van der Waals surface area contributed by atoms with E-state index in [1.807, 2.05) is 4.90 Å². The van der Waals surface area contributed by atoms with Gasteiger partial charge in [-0.2, -0.15) is 0 Å². The van der Waals surface area contributed by atoms with Crippen LogP contribution in [0.5, 0.6) is 0 Å². The molecule has 0 bridgehead atoms. The molecule has 0 spiro atoms. The third-order valence-electron chi connectivity index (χ3n) is 2.74. The van der Waals surface area contributed by atoms with E-state index in [2.05, 4.69) is 22.5 Å². The van der Waals surface area contributed by atoms with E-state index >= 15 is 0 Å². The van der Waals surface area contributed by atoms with Crippen molar-refractivity contribution in [1.82, 2.24) is 15.1 Å². The van der Waals surface area contributed by atoms with Crippen molar-refractivity contribution in [3.8, 4) is 0 Å². The highest BCUT2D eigenvalue weighted by molar-refractivity contribution is 5.92. The van der Waals surface area contributed by atoms with E-state index < -0.39 is 0 Å². The van der Waals surface area contributed by atoms with Gasteiger partial charge in [0.05, 0.1) is 0 Å². The number of anilines is 1. The number of hydrogen-bond donors (Lipinski definition) is 2. The average molecular weight is 235 g/mol. The Bertz CT molecular complexity index is 387. The van der Waals surface area contributed by atoms with Gasteiger partial charge in [-0.1, -0.05) is 6.92 Å². The van der Waals surface area contributed by atoms with Gasteiger partial charge in [-0.05, 0) is 31.4 Å². The third kappa shape index (κ3) is 2.71. The molecule has 0 atom stereocenters. The molecule has 1 amide bonds. The summed E-state index contributed by atoms with van der Waals surface area (Å²) in [5, 5.41) is 7.69. The number of carbonyl (C=O) groups is 1. The lowest BCUT2D eigenvalue weighted by Crippen LogP contribution is -2.34. The van der Waals surface area contributed by atoms with E-state index in [0.29, 0.717) is 17.6 Å². The molecule has 1 aromatic heterocycles. The Labute approximate surface area is 100 Å². The summed E-state index contributed by atoms with van der Waals surface area (Å²) in [6.45, 7) is 2.85. The summed E-state index contributed by atoms with van der Waals surface area (Å²) in [6, 6.07) is 3.70. The SMILES string of the molecule is CCCN(C(=O)c1ccc(NN)nn1)C1CC1. The zero-order valence-corrected chi connectivity index (χ0v) is 9.89. The van der Waals surface area contributed by atoms with Gasteiger partial charge in [-0.3, -0.25) is 4.79 Å². The Morgan fingerprint density at radius 1 is 1.53 bits per heavy atom. The molecule has 1 aliphatic rings. The fourth-order valence-electron chi connectivity index (χ4n) is 1.75. The first-order chi connectivity index (χ1) is 8.26. The third-order valence-corrected chi connectivity index (χ3v) is 2.74. The molecule has 0 radical (unpaired) electrons. The Hall–Kier alpha value is -1.69. The predicted octanol–water partition coefficient (Wildman–Crippen LogP) is 0.777. The van der Waals surface area contributed by atoms with Crippen LogP contribution in [0.2, 0.25) is 0 Å². The topological polar surface area (TPSA) is 84.1 Å². The van der Waals surface area contributed by atoms with Crippen molar-refractivity contribution in [2.45, 2.75) is 32.2 Å². The highest BCUT2D eigenvalue weighted by Crippen LogP contribution is 2.28. The fraction of sp³-hybridized carbons (Fsp3) is 0.545. The van der Waals surface area contributed by atoms with Crippen LogP contribution >= 0.6 is 0 Å². The van der Waals surface area contributed by atoms with Crippen LogP contribution in [-0.2, 0) is 0 Å². The Morgan fingerprint density at radius 3 is 2.76 bits per heavy atom. The summed E-state index contributed by atoms with van der Waals surface area (Å²) < 4.78 is 0. The highest BCUT2D eigenvalue weighted by atomic mass is 16.2. The maximum absolute atomic E-state index is 12.2. The quantitative estimate of drug-likeness (QED) is 0.582. The fourth-order valence-corrected chi connectivity index (χ4v) is 1.75. The van der Waals surface area contributed by atoms with Gasteiger partial charge in [0.1, 0.15) is 0 Å². The standard InChI is InChI=1S/C11H17N5O/c1-2-7-16(8-3-4-8)11(17)9-5-6-10(13-12)15-14-9/h5-6,8H,2-4,7,12H2,1H3,(H,13,15). The molecule has 6 heteroatoms. The number of carbonyl (C=O) groups excluding carboxylic acids is 1. The van der Waals surface area contributed by atoms with Crippen LogP contribution in [0.15, 0.2) is 12.1 Å². The smallest absolute Gasteiger partial charge is 0.274 e. The van der Waals surface area contributed by atoms with Gasteiger partial charge >= 0.3 is 0 Å². The van der Waals surface area contributed by atoms with Crippen molar-refractivity contribution in [2.24, 2.45) is 5.84 Å². The van der Waals surface area contributed by atoms with Crippen molar-refractivity contribution in [1.29, 1.82) is 0 Å². The second kappa shape index (κ2) is 5.09. The predicted molar refractivity (Wildman–Crippen MR) is 64.2 cm³/mol. The number of hydrogen-bond acceptors (Lipinski definition) is 5. The minimum Gasteiger partial charge on any atom is -0.334 e. The minimum absolute atomic E-state index is 0.0366. The number of nitrogens with two attached hydrogens (primary N) is 1. The number of hydrazine groups is 1. The van der Waals surface area contributed by atoms with E-state index in [0.717, 1.165) is 25.8 Å². The number of nitrogens with one attached hydrogen (secondary N) is 1. The molecule has 92 valence electrons. The molecule has 2 rings (SSSR count). The van der Waals surface area contributed by atoms with Crippen LogP contribution in [0, 0.1) is 0 Å². The number of nitrogen functional groups attached to an aromatic ring is 1. The van der Waals surface area contributed by atoms with Crippen molar-refractivity contribution in [3.05, 3.63) is 17.8 Å². The van der Waals surface area contributed by atoms with Crippen molar-refractivity contribution in [2.75, 3.05) is 12.0 Å². The van der Waals surface area contributed by atoms with E-state index in [4.69, 9.17) is 5.84 Å². The van der Waals surface area contributed by atoms with Gasteiger partial charge in [0, 0.05) is 12.6 Å². The Morgan fingerprint density at radius 2 is 2.29 bits per heavy atom. The normalized spacial score (nSPS) is 14.5. The van der Waals surface area contributed by atoms with Gasteiger partial charge in [-0.25, -0.2) is 5.84 Å². The summed E-state index contributed by atoms with van der Waals surface area (Å²) in [4.78, 5) is 14.1. The van der Waals surface area contributed by atoms with E-state index in [1.54, 1.807) is 12.1 Å². The summed E-state index contributed by atoms with van der Waals surface area (Å²) >= 11 is 0. The first kappa shape index (κ1) is 11.8. The lowest BCUT2D eigenvalue weighted by atomic mass is 10.3. The zero-order chi connectivity index (χ0) is 12.3. The Balaban J connectivity index is 2.10. The van der Waals surface area contributed by atoms with Crippen molar-refractivity contribution < 1.29 is 4.79 Å². The molecule has 1 aliphatic carbocycles. The van der Waals surface area contributed by atoms with Crippen LogP contribution in [0.3, 0.4) is 0 Å². The van der Waals surface area contributed by atoms with Crippen LogP contribution in [0.1, 0.15) is 36.7 Å². The molecular formula is C11H17N5O. The van der Waals surface area contributed by atoms with Gasteiger partial charge in [0.15, 0.2) is 11.5 Å². The average Bonchev–Trinajstić information content (AvgIpc) is 3.19. The molecule has 3 N–H and O–H groups in total. The maximum atomic E-state index is 12.2. The monoisotopic (exact) mass is 235 g/mol. The van der Waals surface area contributed by atoms with Crippen LogP contribution in [-0.4, -0.2) is 33.6 Å². The van der Waals surface area contributed by atoms with Crippen molar-refractivity contribution >= 4 is 11.7 Å². The number of aromatic nitrogens is 2. The molecule has 1 aromatic rings. The summed E-state index contributed by atoms with van der Waals surface area (Å²) in [5.74, 6) is 5.61. The molecule has 1 heterocycles. The summed E-state index contributed by atoms with van der Waals surface area (Å²) in [5.41, 5.74) is 2.76. The number of rotatable bonds is 5. The maximum Gasteiger partial charge on any atom is 0.274 e. The molecule has 0 saturated heterocycles. The summed E-state index contributed by atoms with van der Waals surface area (Å²) in [7, 11) is 0. The molecule has 0 aromatic carbocycles. The van der Waals surface area contributed by atoms with E-state index in [-0.39, 0.29) is 5.91 Å². The van der Waals surface area contributed by atoms with Gasteiger partial charge in [0.25, 0.3) is 5.91 Å². The van der Waals surface area contributed by atoms with Gasteiger partial charge in [-0.15, -0.1) is 10.2 Å². The molecular weight excluding hydrogens is 218 g/mol. The molecule has 0 aliphatic heterocycles.